The molecular weight excluding hydrogens is 343 g/mol. The minimum atomic E-state index is -0.725. The molecule has 1 aromatic rings. The van der Waals surface area contributed by atoms with Crippen LogP contribution in [-0.2, 0) is 16.0 Å². The third-order valence-electron chi connectivity index (χ3n) is 2.05. The molecule has 6 N–H and O–H groups in total. The molecule has 0 radical (unpaired) electrons. The quantitative estimate of drug-likeness (QED) is 0.547. The van der Waals surface area contributed by atoms with Crippen LogP contribution in [0.2, 0.25) is 10.0 Å². The Morgan fingerprint density at radius 2 is 1.61 bits per heavy atom. The number of nitrogens with zero attached hydrogens (tertiary/aromatic N) is 1. The van der Waals surface area contributed by atoms with Crippen molar-refractivity contribution in [3.8, 4) is 0 Å². The van der Waals surface area contributed by atoms with Crippen LogP contribution in [0, 0.1) is 0 Å². The lowest BCUT2D eigenvalue weighted by Gasteiger charge is -2.16. The van der Waals surface area contributed by atoms with Gasteiger partial charge in [0.1, 0.15) is 5.60 Å². The summed E-state index contributed by atoms with van der Waals surface area (Å²) >= 11 is 11.7. The van der Waals surface area contributed by atoms with E-state index in [1.807, 2.05) is 0 Å². The smallest absolute Gasteiger partial charge is 0.405 e. The Morgan fingerprint density at radius 1 is 1.13 bits per heavy atom. The molecule has 9 heteroatoms. The highest BCUT2D eigenvalue weighted by atomic mass is 35.5. The number of ether oxygens (including phenoxy) is 1. The molecule has 0 fully saturated rings. The van der Waals surface area contributed by atoms with Gasteiger partial charge in [0, 0.05) is 10.0 Å². The van der Waals surface area contributed by atoms with Gasteiger partial charge in [0.15, 0.2) is 5.96 Å². The molecule has 0 saturated carbocycles. The van der Waals surface area contributed by atoms with Crippen molar-refractivity contribution in [1.29, 1.82) is 0 Å². The molecule has 23 heavy (non-hydrogen) atoms. The number of carbonyl (C=O) groups excluding carboxylic acids is 2. The predicted octanol–water partition coefficient (Wildman–Crippen LogP) is 2.22. The number of amides is 2. The zero-order valence-electron chi connectivity index (χ0n) is 13.1. The molecule has 0 atom stereocenters. The summed E-state index contributed by atoms with van der Waals surface area (Å²) in [7, 11) is 0. The number of aliphatic imine (C=N–C) groups is 1. The number of primary amides is 1. The van der Waals surface area contributed by atoms with E-state index in [9.17, 15) is 9.59 Å². The SMILES string of the molecule is CC(C)(C)OC(N)=O.NC(N)=NC(=O)Cc1c(Cl)cccc1Cl. The van der Waals surface area contributed by atoms with Gasteiger partial charge in [-0.3, -0.25) is 4.79 Å². The molecule has 0 heterocycles. The van der Waals surface area contributed by atoms with Crippen LogP contribution in [0.1, 0.15) is 26.3 Å². The predicted molar refractivity (Wildman–Crippen MR) is 91.4 cm³/mol. The minimum Gasteiger partial charge on any atom is -0.444 e. The van der Waals surface area contributed by atoms with Crippen molar-refractivity contribution in [2.75, 3.05) is 0 Å². The van der Waals surface area contributed by atoms with E-state index in [2.05, 4.69) is 9.73 Å². The number of halogens is 2. The number of hydrogen-bond acceptors (Lipinski definition) is 3. The maximum atomic E-state index is 11.3. The van der Waals surface area contributed by atoms with Crippen molar-refractivity contribution in [1.82, 2.24) is 0 Å². The van der Waals surface area contributed by atoms with Gasteiger partial charge < -0.3 is 21.9 Å². The van der Waals surface area contributed by atoms with Crippen LogP contribution in [0.4, 0.5) is 4.79 Å². The van der Waals surface area contributed by atoms with Gasteiger partial charge in [-0.1, -0.05) is 29.3 Å². The summed E-state index contributed by atoms with van der Waals surface area (Å²) in [5.74, 6) is -0.756. The zero-order valence-corrected chi connectivity index (χ0v) is 14.6. The molecule has 0 aliphatic rings. The molecule has 2 amide bonds. The summed E-state index contributed by atoms with van der Waals surface area (Å²) in [6, 6.07) is 4.98. The van der Waals surface area contributed by atoms with E-state index in [1.165, 1.54) is 0 Å². The first-order chi connectivity index (χ1) is 10.4. The Hall–Kier alpha value is -1.99. The monoisotopic (exact) mass is 362 g/mol. The van der Waals surface area contributed by atoms with Crippen molar-refractivity contribution in [3.63, 3.8) is 0 Å². The number of nitrogens with two attached hydrogens (primary N) is 3. The molecule has 0 bridgehead atoms. The van der Waals surface area contributed by atoms with Gasteiger partial charge in [-0.15, -0.1) is 0 Å². The Labute approximate surface area is 144 Å². The van der Waals surface area contributed by atoms with Gasteiger partial charge in [0.2, 0.25) is 0 Å². The first kappa shape index (κ1) is 21.0. The first-order valence-electron chi connectivity index (χ1n) is 6.46. The van der Waals surface area contributed by atoms with Crippen LogP contribution >= 0.6 is 23.2 Å². The fourth-order valence-electron chi connectivity index (χ4n) is 1.34. The van der Waals surface area contributed by atoms with Crippen LogP contribution in [0.25, 0.3) is 0 Å². The van der Waals surface area contributed by atoms with Crippen LogP contribution < -0.4 is 17.2 Å². The highest BCUT2D eigenvalue weighted by Crippen LogP contribution is 2.24. The lowest BCUT2D eigenvalue weighted by molar-refractivity contribution is -0.117. The van der Waals surface area contributed by atoms with Gasteiger partial charge in [-0.2, -0.15) is 4.99 Å². The van der Waals surface area contributed by atoms with E-state index in [4.69, 9.17) is 40.4 Å². The lowest BCUT2D eigenvalue weighted by Crippen LogP contribution is -2.27. The molecule has 0 aromatic heterocycles. The Kier molecular flexibility index (Phi) is 8.42. The highest BCUT2D eigenvalue weighted by molar-refractivity contribution is 6.36. The molecule has 0 saturated heterocycles. The molecule has 0 aliphatic heterocycles. The van der Waals surface area contributed by atoms with E-state index in [-0.39, 0.29) is 12.4 Å². The molecule has 0 spiro atoms. The number of carbonyl (C=O) groups is 2. The van der Waals surface area contributed by atoms with Crippen LogP contribution in [0.3, 0.4) is 0 Å². The average molecular weight is 363 g/mol. The standard InChI is InChI=1S/C9H9Cl2N3O.C5H11NO2/c10-6-2-1-3-7(11)5(6)4-8(15)14-9(12)13;1-5(2,3)8-4(6)7/h1-3H,4H2,(H4,12,13,14,15);1-3H3,(H2,6,7). The summed E-state index contributed by atoms with van der Waals surface area (Å²) in [6.45, 7) is 5.28. The van der Waals surface area contributed by atoms with Crippen molar-refractivity contribution < 1.29 is 14.3 Å². The first-order valence-corrected chi connectivity index (χ1v) is 7.21. The largest absolute Gasteiger partial charge is 0.444 e. The van der Waals surface area contributed by atoms with Gasteiger partial charge >= 0.3 is 6.09 Å². The normalized spacial score (nSPS) is 10.1. The Balaban J connectivity index is 0.000000515. The van der Waals surface area contributed by atoms with Crippen LogP contribution in [-0.4, -0.2) is 23.6 Å². The van der Waals surface area contributed by atoms with E-state index in [0.29, 0.717) is 15.6 Å². The van der Waals surface area contributed by atoms with E-state index < -0.39 is 17.6 Å². The number of benzene rings is 1. The number of hydrogen-bond donors (Lipinski definition) is 3. The molecule has 128 valence electrons. The zero-order chi connectivity index (χ0) is 18.2. The summed E-state index contributed by atoms with van der Waals surface area (Å²) in [4.78, 5) is 24.6. The molecule has 7 nitrogen and oxygen atoms in total. The fourth-order valence-corrected chi connectivity index (χ4v) is 1.87. The molecule has 1 aromatic carbocycles. The Bertz CT molecular complexity index is 574. The number of rotatable bonds is 2. The molecule has 0 aliphatic carbocycles. The van der Waals surface area contributed by atoms with Crippen molar-refractivity contribution in [2.24, 2.45) is 22.2 Å². The van der Waals surface area contributed by atoms with Gasteiger partial charge in [0.25, 0.3) is 5.91 Å². The molecule has 1 rings (SSSR count). The topological polar surface area (TPSA) is 134 Å². The third-order valence-corrected chi connectivity index (χ3v) is 2.76. The van der Waals surface area contributed by atoms with E-state index in [1.54, 1.807) is 39.0 Å². The fraction of sp³-hybridized carbons (Fsp3) is 0.357. The average Bonchev–Trinajstić information content (AvgIpc) is 2.30. The number of guanidine groups is 1. The maximum Gasteiger partial charge on any atom is 0.405 e. The van der Waals surface area contributed by atoms with Crippen LogP contribution in [0.15, 0.2) is 23.2 Å². The van der Waals surface area contributed by atoms with Gasteiger partial charge in [-0.05, 0) is 38.5 Å². The van der Waals surface area contributed by atoms with Crippen molar-refractivity contribution in [3.05, 3.63) is 33.8 Å². The summed E-state index contributed by atoms with van der Waals surface area (Å²) in [6.07, 6.45) is -0.742. The maximum absolute atomic E-state index is 11.3. The van der Waals surface area contributed by atoms with E-state index in [0.717, 1.165) is 0 Å². The summed E-state index contributed by atoms with van der Waals surface area (Å²) < 4.78 is 4.58. The summed E-state index contributed by atoms with van der Waals surface area (Å²) in [5, 5.41) is 0.836. The lowest BCUT2D eigenvalue weighted by atomic mass is 10.1. The second-order valence-corrected chi connectivity index (χ2v) is 6.16. The molecule has 0 unspecified atom stereocenters. The second-order valence-electron chi connectivity index (χ2n) is 5.34. The van der Waals surface area contributed by atoms with Crippen molar-refractivity contribution in [2.45, 2.75) is 32.8 Å². The third kappa shape index (κ3) is 10.4. The minimum absolute atomic E-state index is 0.0175. The van der Waals surface area contributed by atoms with Crippen molar-refractivity contribution >= 4 is 41.2 Å². The Morgan fingerprint density at radius 3 is 1.91 bits per heavy atom. The van der Waals surface area contributed by atoms with E-state index >= 15 is 0 Å². The second kappa shape index (κ2) is 9.22. The molecular formula is C14H20Cl2N4O3. The van der Waals surface area contributed by atoms with Crippen LogP contribution in [0.5, 0.6) is 0 Å². The highest BCUT2D eigenvalue weighted by Gasteiger charge is 2.12. The summed E-state index contributed by atoms with van der Waals surface area (Å²) in [5.41, 5.74) is 14.9. The van der Waals surface area contributed by atoms with Gasteiger partial charge in [-0.25, -0.2) is 4.79 Å². The van der Waals surface area contributed by atoms with Gasteiger partial charge in [0.05, 0.1) is 6.42 Å².